The molecule has 41 heavy (non-hydrogen) atoms. The number of nitrogens with zero attached hydrogens (tertiary/aromatic N) is 6. The van der Waals surface area contributed by atoms with Crippen LogP contribution < -0.4 is 31.4 Å². The third kappa shape index (κ3) is 7.24. The first-order chi connectivity index (χ1) is 19.7. The van der Waals surface area contributed by atoms with E-state index in [-0.39, 0.29) is 5.17 Å². The number of ether oxygens (including phenoxy) is 2. The third-order valence-electron chi connectivity index (χ3n) is 6.57. The second-order valence-corrected chi connectivity index (χ2v) is 10.1. The molecule has 1 aromatic heterocycles. The lowest BCUT2D eigenvalue weighted by Gasteiger charge is -2.45. The molecule has 0 unspecified atom stereocenters. The van der Waals surface area contributed by atoms with E-state index >= 15 is 0 Å². The average molecular weight is 578 g/mol. The van der Waals surface area contributed by atoms with Gasteiger partial charge in [0.15, 0.2) is 5.49 Å². The molecular weight excluding hydrogens is 542 g/mol. The van der Waals surface area contributed by atoms with Crippen LogP contribution in [-0.2, 0) is 0 Å². The van der Waals surface area contributed by atoms with Gasteiger partial charge in [-0.05, 0) is 63.8 Å². The second kappa shape index (κ2) is 13.3. The zero-order valence-electron chi connectivity index (χ0n) is 23.7. The van der Waals surface area contributed by atoms with E-state index in [1.54, 1.807) is 30.6 Å². The summed E-state index contributed by atoms with van der Waals surface area (Å²) >= 11 is 6.29. The van der Waals surface area contributed by atoms with Gasteiger partial charge in [-0.25, -0.2) is 14.7 Å². The third-order valence-corrected chi connectivity index (χ3v) is 6.76. The number of aryl methyl sites for hydroxylation is 1. The van der Waals surface area contributed by atoms with Gasteiger partial charge in [0.25, 0.3) is 0 Å². The van der Waals surface area contributed by atoms with Crippen molar-refractivity contribution in [3.63, 3.8) is 0 Å². The summed E-state index contributed by atoms with van der Waals surface area (Å²) in [7, 11) is 4.13. The summed E-state index contributed by atoms with van der Waals surface area (Å²) in [6, 6.07) is 11.2. The molecule has 0 spiro atoms. The highest BCUT2D eigenvalue weighted by Crippen LogP contribution is 2.41. The van der Waals surface area contributed by atoms with Gasteiger partial charge in [-0.3, -0.25) is 10.4 Å². The number of hydrogen-bond donors (Lipinski definition) is 3. The Morgan fingerprint density at radius 1 is 1.22 bits per heavy atom. The number of hydrogen-bond acceptors (Lipinski definition) is 10. The highest BCUT2D eigenvalue weighted by molar-refractivity contribution is 6.69. The predicted molar refractivity (Wildman–Crippen MR) is 165 cm³/mol. The van der Waals surface area contributed by atoms with Crippen LogP contribution in [0.2, 0.25) is 0 Å². The molecule has 11 nitrogen and oxygen atoms in total. The van der Waals surface area contributed by atoms with Crippen molar-refractivity contribution in [2.75, 3.05) is 50.3 Å². The number of nitrogens with one attached hydrogen (secondary N) is 1. The summed E-state index contributed by atoms with van der Waals surface area (Å²) in [4.78, 5) is 17.6. The molecule has 1 fully saturated rings. The highest BCUT2D eigenvalue weighted by Gasteiger charge is 2.33. The Kier molecular flexibility index (Phi) is 9.64. The maximum atomic E-state index is 8.28. The van der Waals surface area contributed by atoms with E-state index in [4.69, 9.17) is 38.1 Å². The first-order valence-electron chi connectivity index (χ1n) is 13.2. The van der Waals surface area contributed by atoms with Gasteiger partial charge in [-0.15, -0.1) is 0 Å². The number of aromatic nitrogens is 2. The Hall–Kier alpha value is -4.35. The Morgan fingerprint density at radius 2 is 1.98 bits per heavy atom. The normalized spacial score (nSPS) is 14.3. The summed E-state index contributed by atoms with van der Waals surface area (Å²) in [5, 5.41) is 8.20. The first-order valence-corrected chi connectivity index (χ1v) is 13.6. The van der Waals surface area contributed by atoms with E-state index < -0.39 is 0 Å². The molecule has 1 aliphatic heterocycles. The van der Waals surface area contributed by atoms with Gasteiger partial charge in [0.1, 0.15) is 23.0 Å². The van der Waals surface area contributed by atoms with Gasteiger partial charge in [-0.1, -0.05) is 17.7 Å². The summed E-state index contributed by atoms with van der Waals surface area (Å²) in [6.45, 7) is 6.00. The van der Waals surface area contributed by atoms with Crippen LogP contribution in [0.5, 0.6) is 17.4 Å². The van der Waals surface area contributed by atoms with Crippen LogP contribution in [-0.4, -0.2) is 65.8 Å². The molecule has 1 aliphatic rings. The Balaban J connectivity index is 1.48. The lowest BCUT2D eigenvalue weighted by molar-refractivity contribution is 0.244. The number of allylic oxidation sites excluding steroid dienone is 1. The fraction of sp³-hybridized carbons (Fsp3) is 0.310. The number of nitrogen functional groups attached to an aromatic ring is 2. The van der Waals surface area contributed by atoms with Gasteiger partial charge < -0.3 is 30.8 Å². The van der Waals surface area contributed by atoms with Crippen molar-refractivity contribution in [1.29, 1.82) is 5.41 Å². The molecular formula is C29H36ClN9O2. The van der Waals surface area contributed by atoms with Crippen molar-refractivity contribution in [3.8, 4) is 17.4 Å². The van der Waals surface area contributed by atoms with Crippen molar-refractivity contribution < 1.29 is 9.47 Å². The van der Waals surface area contributed by atoms with E-state index in [0.717, 1.165) is 24.3 Å². The lowest BCUT2D eigenvalue weighted by atomic mass is 10.0. The summed E-state index contributed by atoms with van der Waals surface area (Å²) < 4.78 is 13.1. The first kappa shape index (κ1) is 29.6. The monoisotopic (exact) mass is 577 g/mol. The molecule has 0 bridgehead atoms. The average Bonchev–Trinajstić information content (AvgIpc) is 2.89. The van der Waals surface area contributed by atoms with Gasteiger partial charge >= 0.3 is 0 Å². The minimum absolute atomic E-state index is 0.0788. The van der Waals surface area contributed by atoms with E-state index in [0.29, 0.717) is 58.9 Å². The molecule has 0 radical (unpaired) electrons. The van der Waals surface area contributed by atoms with Crippen LogP contribution in [0.1, 0.15) is 24.5 Å². The lowest BCUT2D eigenvalue weighted by Crippen LogP contribution is -2.57. The molecule has 0 aliphatic carbocycles. The van der Waals surface area contributed by atoms with Crippen LogP contribution in [0, 0.1) is 12.3 Å². The van der Waals surface area contributed by atoms with Gasteiger partial charge in [0, 0.05) is 49.7 Å². The molecule has 0 atom stereocenters. The van der Waals surface area contributed by atoms with E-state index in [9.17, 15) is 0 Å². The minimum atomic E-state index is -0.0788. The molecule has 2 heterocycles. The molecule has 216 valence electrons. The fourth-order valence-electron chi connectivity index (χ4n) is 4.30. The summed E-state index contributed by atoms with van der Waals surface area (Å²) in [5.74, 6) is 7.69. The largest absolute Gasteiger partial charge is 0.492 e. The maximum absolute atomic E-state index is 8.28. The number of likely N-dealkylation sites (N-methyl/N-ethyl adjacent to an activating group) is 1. The standard InChI is InChI=1S/C29H36ClN9O2/c1-5-40-24-11-9-22(27(29(30)32)28(24)38-16-21(17-38)37(3)4)34-12-6-7-13-35-25-15-26(36-18-39(25)33)41-23-10-8-20(31)14-19(23)2/h7-15,18,21,32H,5-6,16-17,31,33H2,1-4H3/b13-7-,32-29?,34-12?,35-25?. The van der Waals surface area contributed by atoms with Crippen LogP contribution in [0.15, 0.2) is 65.0 Å². The smallest absolute Gasteiger partial charge is 0.224 e. The Labute approximate surface area is 244 Å². The molecule has 0 saturated carbocycles. The van der Waals surface area contributed by atoms with E-state index in [1.807, 2.05) is 38.1 Å². The van der Waals surface area contributed by atoms with Crippen LogP contribution >= 0.6 is 11.6 Å². The summed E-state index contributed by atoms with van der Waals surface area (Å²) in [6.07, 6.45) is 7.15. The number of halogens is 1. The van der Waals surface area contributed by atoms with Crippen molar-refractivity contribution >= 4 is 40.0 Å². The van der Waals surface area contributed by atoms with Gasteiger partial charge in [0.05, 0.1) is 23.5 Å². The van der Waals surface area contributed by atoms with Gasteiger partial charge in [0.2, 0.25) is 5.88 Å². The maximum Gasteiger partial charge on any atom is 0.224 e. The molecule has 3 aromatic rings. The van der Waals surface area contributed by atoms with Crippen molar-refractivity contribution in [1.82, 2.24) is 14.6 Å². The van der Waals surface area contributed by atoms with Crippen LogP contribution in [0.25, 0.3) is 0 Å². The zero-order valence-corrected chi connectivity index (χ0v) is 24.5. The zero-order chi connectivity index (χ0) is 29.5. The highest BCUT2D eigenvalue weighted by atomic mass is 35.5. The SMILES string of the molecule is CCOc1ccc(N=CC/C=C\N=c2cc(Oc3ccc(N)cc3C)ncn2N)c(C(=N)Cl)c1N1CC(N(C)C)C1. The predicted octanol–water partition coefficient (Wildman–Crippen LogP) is 4.20. The number of nitrogens with two attached hydrogens (primary N) is 2. The van der Waals surface area contributed by atoms with Crippen LogP contribution in [0.3, 0.4) is 0 Å². The molecule has 2 aromatic carbocycles. The summed E-state index contributed by atoms with van der Waals surface area (Å²) in [5.41, 5.74) is 9.80. The fourth-order valence-corrected chi connectivity index (χ4v) is 4.48. The van der Waals surface area contributed by atoms with Crippen LogP contribution in [0.4, 0.5) is 17.1 Å². The van der Waals surface area contributed by atoms with Gasteiger partial charge in [-0.2, -0.15) is 0 Å². The van der Waals surface area contributed by atoms with E-state index in [1.165, 1.54) is 11.0 Å². The topological polar surface area (TPSA) is 143 Å². The molecule has 0 amide bonds. The molecule has 4 rings (SSSR count). The van der Waals surface area contributed by atoms with Crippen molar-refractivity contribution in [3.05, 3.63) is 71.6 Å². The van der Waals surface area contributed by atoms with Crippen molar-refractivity contribution in [2.45, 2.75) is 26.3 Å². The number of anilines is 2. The number of aliphatic imine (C=N–C) groups is 1. The molecule has 12 heteroatoms. The number of benzene rings is 2. The van der Waals surface area contributed by atoms with E-state index in [2.05, 4.69) is 38.9 Å². The Morgan fingerprint density at radius 3 is 2.66 bits per heavy atom. The second-order valence-electron chi connectivity index (χ2n) is 9.76. The molecule has 1 saturated heterocycles. The minimum Gasteiger partial charge on any atom is -0.492 e. The number of rotatable bonds is 11. The van der Waals surface area contributed by atoms with Crippen molar-refractivity contribution in [2.24, 2.45) is 9.98 Å². The quantitative estimate of drug-likeness (QED) is 0.176. The Bertz CT molecular complexity index is 1530. The molecule has 5 N–H and O–H groups in total.